The first-order valence-corrected chi connectivity index (χ1v) is 7.53. The number of carbonyl (C=O) groups is 2. The van der Waals surface area contributed by atoms with Gasteiger partial charge in [-0.1, -0.05) is 0 Å². The SMILES string of the molecule is CNC(=O)c1cc(CC2N=NC(=O)C3=C2CCCC3)ccn1. The van der Waals surface area contributed by atoms with E-state index < -0.39 is 0 Å². The predicted octanol–water partition coefficient (Wildman–Crippen LogP) is 2.22. The van der Waals surface area contributed by atoms with Crippen LogP contribution in [0, 0.1) is 0 Å². The van der Waals surface area contributed by atoms with E-state index in [0.29, 0.717) is 12.1 Å². The maximum Gasteiger partial charge on any atom is 0.291 e. The molecule has 1 aliphatic heterocycles. The van der Waals surface area contributed by atoms with Crippen molar-refractivity contribution in [2.45, 2.75) is 38.1 Å². The Balaban J connectivity index is 1.84. The highest BCUT2D eigenvalue weighted by Crippen LogP contribution is 2.33. The Hall–Kier alpha value is -2.37. The van der Waals surface area contributed by atoms with Crippen molar-refractivity contribution in [2.75, 3.05) is 7.05 Å². The molecule has 3 rings (SSSR count). The summed E-state index contributed by atoms with van der Waals surface area (Å²) < 4.78 is 0. The van der Waals surface area contributed by atoms with Crippen LogP contribution in [0.1, 0.15) is 41.7 Å². The van der Waals surface area contributed by atoms with Gasteiger partial charge in [-0.3, -0.25) is 14.6 Å². The minimum absolute atomic E-state index is 0.0899. The molecule has 1 aromatic heterocycles. The molecule has 1 aromatic rings. The Morgan fingerprint density at radius 2 is 2.18 bits per heavy atom. The molecule has 114 valence electrons. The Labute approximate surface area is 128 Å². The van der Waals surface area contributed by atoms with Crippen molar-refractivity contribution in [1.29, 1.82) is 0 Å². The summed E-state index contributed by atoms with van der Waals surface area (Å²) >= 11 is 0. The fourth-order valence-corrected chi connectivity index (χ4v) is 3.03. The van der Waals surface area contributed by atoms with Gasteiger partial charge in [-0.15, -0.1) is 5.11 Å². The molecule has 0 saturated heterocycles. The summed E-state index contributed by atoms with van der Waals surface area (Å²) in [6.45, 7) is 0. The number of aromatic nitrogens is 1. The van der Waals surface area contributed by atoms with Crippen LogP contribution in [0.5, 0.6) is 0 Å². The third-order valence-electron chi connectivity index (χ3n) is 4.17. The molecule has 6 heteroatoms. The maximum absolute atomic E-state index is 11.8. The van der Waals surface area contributed by atoms with Crippen molar-refractivity contribution in [2.24, 2.45) is 10.2 Å². The first-order valence-electron chi connectivity index (χ1n) is 7.53. The van der Waals surface area contributed by atoms with Crippen LogP contribution in [0.4, 0.5) is 0 Å². The van der Waals surface area contributed by atoms with Gasteiger partial charge in [-0.25, -0.2) is 0 Å². The van der Waals surface area contributed by atoms with E-state index >= 15 is 0 Å². The number of amides is 2. The molecule has 1 unspecified atom stereocenters. The molecule has 1 atom stereocenters. The smallest absolute Gasteiger partial charge is 0.291 e. The van der Waals surface area contributed by atoms with Crippen molar-refractivity contribution < 1.29 is 9.59 Å². The summed E-state index contributed by atoms with van der Waals surface area (Å²) in [6, 6.07) is 3.56. The summed E-state index contributed by atoms with van der Waals surface area (Å²) in [5.41, 5.74) is 3.35. The van der Waals surface area contributed by atoms with Crippen molar-refractivity contribution in [1.82, 2.24) is 10.3 Å². The van der Waals surface area contributed by atoms with Crippen LogP contribution in [0.2, 0.25) is 0 Å². The van der Waals surface area contributed by atoms with Gasteiger partial charge in [0.05, 0.1) is 6.04 Å². The first kappa shape index (κ1) is 14.6. The second-order valence-corrected chi connectivity index (χ2v) is 5.58. The van der Waals surface area contributed by atoms with E-state index in [1.54, 1.807) is 19.3 Å². The highest BCUT2D eigenvalue weighted by atomic mass is 16.2. The van der Waals surface area contributed by atoms with Crippen LogP contribution in [0.15, 0.2) is 39.7 Å². The highest BCUT2D eigenvalue weighted by Gasteiger charge is 2.28. The molecule has 2 amide bonds. The topological polar surface area (TPSA) is 83.8 Å². The molecule has 6 nitrogen and oxygen atoms in total. The van der Waals surface area contributed by atoms with Crippen molar-refractivity contribution in [3.8, 4) is 0 Å². The van der Waals surface area contributed by atoms with Gasteiger partial charge >= 0.3 is 0 Å². The zero-order valence-electron chi connectivity index (χ0n) is 12.5. The van der Waals surface area contributed by atoms with Gasteiger partial charge in [-0.05, 0) is 49.0 Å². The van der Waals surface area contributed by atoms with Crippen molar-refractivity contribution in [3.05, 3.63) is 40.7 Å². The van der Waals surface area contributed by atoms with Gasteiger partial charge in [0.1, 0.15) is 5.69 Å². The van der Waals surface area contributed by atoms with Crippen LogP contribution in [0.25, 0.3) is 0 Å². The average molecular weight is 298 g/mol. The molecule has 2 heterocycles. The number of hydrogen-bond acceptors (Lipinski definition) is 4. The van der Waals surface area contributed by atoms with E-state index in [1.165, 1.54) is 0 Å². The lowest BCUT2D eigenvalue weighted by Crippen LogP contribution is -2.24. The molecule has 0 fully saturated rings. The van der Waals surface area contributed by atoms with Gasteiger partial charge in [0.15, 0.2) is 0 Å². The van der Waals surface area contributed by atoms with Gasteiger partial charge in [-0.2, -0.15) is 5.11 Å². The largest absolute Gasteiger partial charge is 0.354 e. The number of pyridine rings is 1. The summed E-state index contributed by atoms with van der Waals surface area (Å²) in [6.07, 6.45) is 6.13. The van der Waals surface area contributed by atoms with E-state index in [9.17, 15) is 9.59 Å². The molecule has 0 radical (unpaired) electrons. The number of hydrogen-bond donors (Lipinski definition) is 1. The summed E-state index contributed by atoms with van der Waals surface area (Å²) in [4.78, 5) is 27.6. The summed E-state index contributed by atoms with van der Waals surface area (Å²) in [5, 5.41) is 10.5. The fourth-order valence-electron chi connectivity index (χ4n) is 3.03. The zero-order valence-corrected chi connectivity index (χ0v) is 12.5. The quantitative estimate of drug-likeness (QED) is 0.928. The molecule has 0 spiro atoms. The van der Waals surface area contributed by atoms with E-state index in [0.717, 1.165) is 42.4 Å². The molecule has 2 aliphatic rings. The predicted molar refractivity (Wildman–Crippen MR) is 80.5 cm³/mol. The van der Waals surface area contributed by atoms with Gasteiger partial charge in [0, 0.05) is 25.2 Å². The number of nitrogens with one attached hydrogen (secondary N) is 1. The van der Waals surface area contributed by atoms with Crippen LogP contribution in [0.3, 0.4) is 0 Å². The molecule has 1 N–H and O–H groups in total. The van der Waals surface area contributed by atoms with Gasteiger partial charge in [0.2, 0.25) is 0 Å². The lowest BCUT2D eigenvalue weighted by molar-refractivity contribution is -0.115. The minimum atomic E-state index is -0.208. The lowest BCUT2D eigenvalue weighted by Gasteiger charge is -2.25. The second-order valence-electron chi connectivity index (χ2n) is 5.58. The molecular formula is C16H18N4O2. The van der Waals surface area contributed by atoms with E-state index in [-0.39, 0.29) is 17.9 Å². The standard InChI is InChI=1S/C16H18N4O2/c1-17-16(22)14-9-10(6-7-18-14)8-13-11-4-2-3-5-12(11)15(21)20-19-13/h6-7,9,13H,2-5,8H2,1H3,(H,17,22). The van der Waals surface area contributed by atoms with Crippen LogP contribution >= 0.6 is 0 Å². The Bertz CT molecular complexity index is 678. The van der Waals surface area contributed by atoms with Crippen LogP contribution in [-0.2, 0) is 11.2 Å². The van der Waals surface area contributed by atoms with E-state index in [2.05, 4.69) is 20.5 Å². The Morgan fingerprint density at radius 3 is 3.00 bits per heavy atom. The first-order chi connectivity index (χ1) is 10.7. The monoisotopic (exact) mass is 298 g/mol. The molecule has 0 bridgehead atoms. The third-order valence-corrected chi connectivity index (χ3v) is 4.17. The molecule has 0 saturated carbocycles. The second kappa shape index (κ2) is 6.17. The Kier molecular flexibility index (Phi) is 4.09. The van der Waals surface area contributed by atoms with Crippen LogP contribution in [-0.4, -0.2) is 29.9 Å². The average Bonchev–Trinajstić information content (AvgIpc) is 2.57. The highest BCUT2D eigenvalue weighted by molar-refractivity contribution is 5.95. The van der Waals surface area contributed by atoms with E-state index in [1.807, 2.05) is 6.07 Å². The van der Waals surface area contributed by atoms with Gasteiger partial charge < -0.3 is 5.32 Å². The van der Waals surface area contributed by atoms with E-state index in [4.69, 9.17) is 0 Å². The lowest BCUT2D eigenvalue weighted by atomic mass is 9.84. The fraction of sp³-hybridized carbons (Fsp3) is 0.438. The van der Waals surface area contributed by atoms with Crippen molar-refractivity contribution >= 4 is 11.8 Å². The third kappa shape index (κ3) is 2.81. The Morgan fingerprint density at radius 1 is 1.36 bits per heavy atom. The van der Waals surface area contributed by atoms with Crippen molar-refractivity contribution in [3.63, 3.8) is 0 Å². The summed E-state index contributed by atoms with van der Waals surface area (Å²) in [5.74, 6) is -0.383. The molecule has 0 aromatic carbocycles. The minimum Gasteiger partial charge on any atom is -0.354 e. The zero-order chi connectivity index (χ0) is 15.5. The number of azo groups is 1. The number of carbonyl (C=O) groups excluding carboxylic acids is 2. The normalized spacial score (nSPS) is 20.8. The molecule has 1 aliphatic carbocycles. The summed E-state index contributed by atoms with van der Waals surface area (Å²) in [7, 11) is 1.58. The van der Waals surface area contributed by atoms with Crippen LogP contribution < -0.4 is 5.32 Å². The number of nitrogens with zero attached hydrogens (tertiary/aromatic N) is 3. The van der Waals surface area contributed by atoms with Gasteiger partial charge in [0.25, 0.3) is 11.8 Å². The molecular weight excluding hydrogens is 280 g/mol. The molecule has 22 heavy (non-hydrogen) atoms. The maximum atomic E-state index is 11.8. The number of rotatable bonds is 3.